The number of benzene rings is 1. The molecule has 0 amide bonds. The van der Waals surface area contributed by atoms with Crippen LogP contribution < -0.4 is 4.72 Å². The highest BCUT2D eigenvalue weighted by Crippen LogP contribution is 2.21. The maximum atomic E-state index is 12.2. The zero-order chi connectivity index (χ0) is 16.2. The Bertz CT molecular complexity index is 786. The highest BCUT2D eigenvalue weighted by atomic mass is 32.2. The van der Waals surface area contributed by atoms with Crippen molar-refractivity contribution in [2.75, 3.05) is 7.11 Å². The Hall–Kier alpha value is -2.63. The first-order valence-corrected chi connectivity index (χ1v) is 7.77. The van der Waals surface area contributed by atoms with Crippen LogP contribution in [0.3, 0.4) is 0 Å². The van der Waals surface area contributed by atoms with Gasteiger partial charge in [-0.2, -0.15) is 0 Å². The van der Waals surface area contributed by atoms with Crippen LogP contribution in [0.1, 0.15) is 0 Å². The lowest BCUT2D eigenvalue weighted by Gasteiger charge is -2.16. The van der Waals surface area contributed by atoms with Gasteiger partial charge in [-0.25, -0.2) is 13.2 Å². The number of sulfonamides is 1. The molecule has 7 heteroatoms. The molecule has 0 fully saturated rings. The van der Waals surface area contributed by atoms with Gasteiger partial charge in [0, 0.05) is 5.70 Å². The fourth-order valence-corrected chi connectivity index (χ4v) is 2.98. The van der Waals surface area contributed by atoms with Gasteiger partial charge in [0.1, 0.15) is 11.9 Å². The Morgan fingerprint density at radius 2 is 1.95 bits per heavy atom. The number of rotatable bonds is 4. The van der Waals surface area contributed by atoms with Gasteiger partial charge in [-0.05, 0) is 24.3 Å². The fraction of sp³-hybridized carbons (Fsp3) is 0.133. The van der Waals surface area contributed by atoms with Crippen molar-refractivity contribution >= 4 is 21.9 Å². The molecule has 0 bridgehead atoms. The van der Waals surface area contributed by atoms with Crippen LogP contribution >= 0.6 is 0 Å². The van der Waals surface area contributed by atoms with E-state index >= 15 is 0 Å². The Morgan fingerprint density at radius 3 is 2.55 bits per heavy atom. The zero-order valence-electron chi connectivity index (χ0n) is 11.6. The van der Waals surface area contributed by atoms with Gasteiger partial charge in [-0.3, -0.25) is 9.52 Å². The van der Waals surface area contributed by atoms with E-state index in [1.54, 1.807) is 24.1 Å². The van der Waals surface area contributed by atoms with Gasteiger partial charge in [0.2, 0.25) is 0 Å². The summed E-state index contributed by atoms with van der Waals surface area (Å²) in [5, 5.41) is 0. The molecule has 1 atom stereocenters. The van der Waals surface area contributed by atoms with Crippen molar-refractivity contribution in [2.45, 2.75) is 4.90 Å². The summed E-state index contributed by atoms with van der Waals surface area (Å²) in [4.78, 5) is 22.5. The molecule has 22 heavy (non-hydrogen) atoms. The molecule has 1 aliphatic carbocycles. The molecule has 1 aromatic rings. The average molecular weight is 319 g/mol. The second-order valence-electron chi connectivity index (χ2n) is 4.44. The van der Waals surface area contributed by atoms with E-state index in [0.717, 1.165) is 0 Å². The van der Waals surface area contributed by atoms with Crippen molar-refractivity contribution in [1.82, 2.24) is 4.72 Å². The molecule has 1 N–H and O–H groups in total. The van der Waals surface area contributed by atoms with Gasteiger partial charge in [0.05, 0.1) is 17.6 Å². The molecule has 0 saturated heterocycles. The van der Waals surface area contributed by atoms with Crippen molar-refractivity contribution < 1.29 is 22.7 Å². The normalized spacial score (nSPS) is 17.4. The lowest BCUT2D eigenvalue weighted by Crippen LogP contribution is -2.25. The Balaban J connectivity index is 2.26. The zero-order valence-corrected chi connectivity index (χ0v) is 12.5. The number of hydrogen-bond acceptors (Lipinski definition) is 5. The number of methoxy groups -OCH3 is 1. The quantitative estimate of drug-likeness (QED) is 0.659. The van der Waals surface area contributed by atoms with Crippen LogP contribution in [0.25, 0.3) is 0 Å². The minimum absolute atomic E-state index is 0.000103. The van der Waals surface area contributed by atoms with Gasteiger partial charge in [0.15, 0.2) is 0 Å². The maximum Gasteiger partial charge on any atom is 0.317 e. The van der Waals surface area contributed by atoms with Crippen LogP contribution in [0.2, 0.25) is 0 Å². The third kappa shape index (κ3) is 3.33. The van der Waals surface area contributed by atoms with Crippen molar-refractivity contribution in [3.05, 3.63) is 59.8 Å². The first-order chi connectivity index (χ1) is 10.5. The summed E-state index contributed by atoms with van der Waals surface area (Å²) in [6.07, 6.45) is 4.05. The molecule has 0 saturated carbocycles. The topological polar surface area (TPSA) is 89.5 Å². The highest BCUT2D eigenvalue weighted by Gasteiger charge is 2.25. The Kier molecular flexibility index (Phi) is 4.60. The molecule has 0 spiro atoms. The lowest BCUT2D eigenvalue weighted by molar-refractivity contribution is -0.142. The third-order valence-corrected chi connectivity index (χ3v) is 4.39. The van der Waals surface area contributed by atoms with Crippen LogP contribution in [0.15, 0.2) is 64.7 Å². The molecule has 1 aromatic carbocycles. The summed E-state index contributed by atoms with van der Waals surface area (Å²) in [6, 6.07) is 7.80. The van der Waals surface area contributed by atoms with Crippen molar-refractivity contribution in [1.29, 1.82) is 0 Å². The predicted molar refractivity (Wildman–Crippen MR) is 78.7 cm³/mol. The molecular formula is C15H13NO5S. The minimum atomic E-state index is -3.76. The lowest BCUT2D eigenvalue weighted by atomic mass is 9.95. The van der Waals surface area contributed by atoms with E-state index in [-0.39, 0.29) is 16.2 Å². The summed E-state index contributed by atoms with van der Waals surface area (Å²) in [6.45, 7) is 0. The highest BCUT2D eigenvalue weighted by molar-refractivity contribution is 7.89. The fourth-order valence-electron chi connectivity index (χ4n) is 1.91. The van der Waals surface area contributed by atoms with E-state index in [1.165, 1.54) is 37.5 Å². The van der Waals surface area contributed by atoms with E-state index in [2.05, 4.69) is 9.46 Å². The summed E-state index contributed by atoms with van der Waals surface area (Å²) in [5.41, 5.74) is 0.169. The Morgan fingerprint density at radius 1 is 1.27 bits per heavy atom. The molecule has 0 radical (unpaired) electrons. The second-order valence-corrected chi connectivity index (χ2v) is 6.12. The summed E-state index contributed by atoms with van der Waals surface area (Å²) < 4.78 is 31.3. The van der Waals surface area contributed by atoms with E-state index in [4.69, 9.17) is 0 Å². The molecule has 114 valence electrons. The van der Waals surface area contributed by atoms with E-state index in [1.807, 2.05) is 0 Å². The van der Waals surface area contributed by atoms with Crippen molar-refractivity contribution in [3.8, 4) is 0 Å². The van der Waals surface area contributed by atoms with Crippen LogP contribution in [-0.2, 0) is 24.3 Å². The molecule has 1 unspecified atom stereocenters. The van der Waals surface area contributed by atoms with Crippen LogP contribution in [0, 0.1) is 5.92 Å². The third-order valence-electron chi connectivity index (χ3n) is 2.99. The van der Waals surface area contributed by atoms with Crippen LogP contribution in [0.5, 0.6) is 0 Å². The second kappa shape index (κ2) is 6.43. The average Bonchev–Trinajstić information content (AvgIpc) is 2.54. The predicted octanol–water partition coefficient (Wildman–Crippen LogP) is 0.966. The SMILES string of the molecule is COC(=O)C1C=CC(NS(=O)(=O)c2ccccc2)=CC1=C=O. The number of carbonyl (C=O) groups excluding carboxylic acids is 2. The number of hydrogen-bond donors (Lipinski definition) is 1. The van der Waals surface area contributed by atoms with Crippen LogP contribution in [0.4, 0.5) is 0 Å². The molecule has 0 aromatic heterocycles. The number of carbonyl (C=O) groups is 1. The monoisotopic (exact) mass is 319 g/mol. The van der Waals surface area contributed by atoms with Gasteiger partial charge >= 0.3 is 5.97 Å². The standard InChI is InChI=1S/C15H13NO5S/c1-21-15(18)14-8-7-12(9-11(14)10-17)16-22(19,20)13-5-3-2-4-6-13/h2-9,14,16H,1H3. The molecule has 2 rings (SSSR count). The van der Waals surface area contributed by atoms with E-state index < -0.39 is 21.9 Å². The maximum absolute atomic E-state index is 12.2. The van der Waals surface area contributed by atoms with Gasteiger partial charge < -0.3 is 4.74 Å². The number of allylic oxidation sites excluding steroid dienone is 2. The number of nitrogens with one attached hydrogen (secondary N) is 1. The first kappa shape index (κ1) is 15.8. The smallest absolute Gasteiger partial charge is 0.317 e. The minimum Gasteiger partial charge on any atom is -0.468 e. The molecule has 1 aliphatic rings. The van der Waals surface area contributed by atoms with Crippen LogP contribution in [-0.4, -0.2) is 27.4 Å². The molecule has 6 nitrogen and oxygen atoms in total. The van der Waals surface area contributed by atoms with Gasteiger partial charge in [0.25, 0.3) is 10.0 Å². The van der Waals surface area contributed by atoms with Gasteiger partial charge in [-0.1, -0.05) is 24.3 Å². The number of ether oxygens (including phenoxy) is 1. The first-order valence-electron chi connectivity index (χ1n) is 6.28. The summed E-state index contributed by atoms with van der Waals surface area (Å²) in [5.74, 6) is 0.131. The van der Waals surface area contributed by atoms with E-state index in [9.17, 15) is 18.0 Å². The molecule has 0 heterocycles. The summed E-state index contributed by atoms with van der Waals surface area (Å²) >= 11 is 0. The number of esters is 1. The molecule has 0 aliphatic heterocycles. The summed E-state index contributed by atoms with van der Waals surface area (Å²) in [7, 11) is -2.56. The van der Waals surface area contributed by atoms with Gasteiger partial charge in [-0.15, -0.1) is 0 Å². The Labute approximate surface area is 127 Å². The van der Waals surface area contributed by atoms with E-state index in [0.29, 0.717) is 0 Å². The largest absolute Gasteiger partial charge is 0.468 e. The molecular weight excluding hydrogens is 306 g/mol. The van der Waals surface area contributed by atoms with Crippen molar-refractivity contribution in [2.24, 2.45) is 5.92 Å². The van der Waals surface area contributed by atoms with Crippen molar-refractivity contribution in [3.63, 3.8) is 0 Å².